The highest BCUT2D eigenvalue weighted by Crippen LogP contribution is 2.46. The Morgan fingerprint density at radius 3 is 2.09 bits per heavy atom. The average molecular weight is 523 g/mol. The molecule has 11 heteroatoms. The number of hydrogen-bond acceptors (Lipinski definition) is 6. The first-order valence-electron chi connectivity index (χ1n) is 11.0. The molecule has 1 atom stereocenters. The first-order chi connectivity index (χ1) is 16.6. The lowest BCUT2D eigenvalue weighted by Gasteiger charge is -2.38. The minimum Gasteiger partial charge on any atom is -0.478 e. The van der Waals surface area contributed by atoms with Gasteiger partial charge in [-0.25, -0.2) is 18.0 Å². The quantitative estimate of drug-likeness (QED) is 0.493. The van der Waals surface area contributed by atoms with Crippen molar-refractivity contribution in [1.82, 2.24) is 9.21 Å². The number of rotatable bonds is 6. The Labute approximate surface area is 208 Å². The maximum atomic E-state index is 13.4. The van der Waals surface area contributed by atoms with Crippen molar-refractivity contribution >= 4 is 33.6 Å². The van der Waals surface area contributed by atoms with E-state index in [1.165, 1.54) is 0 Å². The van der Waals surface area contributed by atoms with Crippen molar-refractivity contribution in [1.29, 1.82) is 0 Å². The number of benzene rings is 2. The van der Waals surface area contributed by atoms with E-state index in [1.807, 2.05) is 36.4 Å². The predicted octanol–water partition coefficient (Wildman–Crippen LogP) is 2.60. The van der Waals surface area contributed by atoms with Crippen molar-refractivity contribution < 1.29 is 33.3 Å². The van der Waals surface area contributed by atoms with Gasteiger partial charge in [0.15, 0.2) is 0 Å². The number of aliphatic hydroxyl groups is 1. The lowest BCUT2D eigenvalue weighted by atomic mass is 9.95. The summed E-state index contributed by atoms with van der Waals surface area (Å²) in [5.74, 6) is -2.51. The number of aliphatic hydroxyl groups excluding tert-OH is 1. The topological polar surface area (TPSA) is 135 Å². The summed E-state index contributed by atoms with van der Waals surface area (Å²) in [4.78, 5) is 21.7. The number of β-amino-alcohol motifs (C(OH)–C–C–N with tert-alkyl or cyclic N) is 1. The smallest absolute Gasteiger partial charge is 0.328 e. The molecule has 2 aliphatic heterocycles. The molecule has 0 aromatic heterocycles. The Morgan fingerprint density at radius 1 is 0.971 bits per heavy atom. The minimum absolute atomic E-state index is 0.0574. The van der Waals surface area contributed by atoms with Crippen molar-refractivity contribution in [2.75, 3.05) is 26.2 Å². The normalized spacial score (nSPS) is 20.2. The summed E-state index contributed by atoms with van der Waals surface area (Å²) in [6.07, 6.45) is 2.64. The summed E-state index contributed by atoms with van der Waals surface area (Å²) >= 11 is 6.05. The molecule has 1 fully saturated rings. The zero-order chi connectivity index (χ0) is 25.6. The molecule has 0 radical (unpaired) electrons. The molecule has 0 amide bonds. The van der Waals surface area contributed by atoms with Crippen molar-refractivity contribution in [3.05, 3.63) is 76.8 Å². The fourth-order valence-electron chi connectivity index (χ4n) is 4.39. The standard InChI is InChI=1S/C20H23ClN2O3S.C4H4O4/c21-16-7-5-15(6-8-16)20-18-3-1-2-4-19(18)27(25,26)23(20)17-9-11-22(12-10-17)13-14-24;5-3(6)1-2-4(7)8/h1-8,17,20,24H,9-14H2;1-2H,(H,5,6)(H,7,8). The van der Waals surface area contributed by atoms with Crippen LogP contribution in [0.3, 0.4) is 0 Å². The Morgan fingerprint density at radius 2 is 1.54 bits per heavy atom. The molecule has 2 aromatic carbocycles. The van der Waals surface area contributed by atoms with Gasteiger partial charge in [-0.05, 0) is 55.3 Å². The van der Waals surface area contributed by atoms with E-state index in [0.29, 0.717) is 28.6 Å². The number of nitrogens with zero attached hydrogens (tertiary/aromatic N) is 2. The van der Waals surface area contributed by atoms with E-state index in [0.717, 1.165) is 37.1 Å². The molecular weight excluding hydrogens is 496 g/mol. The fourth-order valence-corrected chi connectivity index (χ4v) is 6.59. The SMILES string of the molecule is O=C(O)C=CC(=O)O.O=S1(=O)c2ccccc2C(c2ccc(Cl)cc2)N1C1CCN(CCO)CC1. The third-order valence-electron chi connectivity index (χ3n) is 5.91. The van der Waals surface area contributed by atoms with Crippen LogP contribution in [-0.4, -0.2) is 77.2 Å². The number of likely N-dealkylation sites (tertiary alicyclic amines) is 1. The van der Waals surface area contributed by atoms with Gasteiger partial charge >= 0.3 is 11.9 Å². The number of carboxylic acids is 2. The van der Waals surface area contributed by atoms with Crippen molar-refractivity contribution in [3.8, 4) is 0 Å². The van der Waals surface area contributed by atoms with Crippen LogP contribution in [0.1, 0.15) is 30.0 Å². The van der Waals surface area contributed by atoms with E-state index in [2.05, 4.69) is 4.90 Å². The van der Waals surface area contributed by atoms with E-state index >= 15 is 0 Å². The molecule has 2 aromatic rings. The maximum absolute atomic E-state index is 13.4. The van der Waals surface area contributed by atoms with Crippen LogP contribution in [0, 0.1) is 0 Å². The van der Waals surface area contributed by atoms with Gasteiger partial charge in [0.05, 0.1) is 17.5 Å². The molecule has 0 saturated carbocycles. The molecule has 0 bridgehead atoms. The van der Waals surface area contributed by atoms with Gasteiger partial charge in [0, 0.05) is 29.8 Å². The van der Waals surface area contributed by atoms with Crippen LogP contribution in [0.2, 0.25) is 5.02 Å². The zero-order valence-corrected chi connectivity index (χ0v) is 20.4. The molecule has 188 valence electrons. The van der Waals surface area contributed by atoms with Crippen LogP contribution in [0.5, 0.6) is 0 Å². The molecule has 9 nitrogen and oxygen atoms in total. The van der Waals surface area contributed by atoms with Crippen LogP contribution in [0.4, 0.5) is 0 Å². The first-order valence-corrected chi connectivity index (χ1v) is 12.8. The van der Waals surface area contributed by atoms with Gasteiger partial charge in [0.2, 0.25) is 10.0 Å². The molecule has 1 saturated heterocycles. The van der Waals surface area contributed by atoms with Gasteiger partial charge in [0.1, 0.15) is 0 Å². The van der Waals surface area contributed by atoms with E-state index in [1.54, 1.807) is 16.4 Å². The number of fused-ring (bicyclic) bond motifs is 1. The van der Waals surface area contributed by atoms with Crippen LogP contribution < -0.4 is 0 Å². The summed E-state index contributed by atoms with van der Waals surface area (Å²) in [7, 11) is -3.55. The summed E-state index contributed by atoms with van der Waals surface area (Å²) in [5.41, 5.74) is 1.77. The highest BCUT2D eigenvalue weighted by Gasteiger charge is 2.47. The van der Waals surface area contributed by atoms with Crippen molar-refractivity contribution in [3.63, 3.8) is 0 Å². The van der Waals surface area contributed by atoms with E-state index in [9.17, 15) is 18.0 Å². The molecule has 3 N–H and O–H groups in total. The van der Waals surface area contributed by atoms with Gasteiger partial charge in [-0.1, -0.05) is 41.9 Å². The number of sulfonamides is 1. The van der Waals surface area contributed by atoms with Crippen LogP contribution in [0.25, 0.3) is 0 Å². The Balaban J connectivity index is 0.000000371. The molecule has 0 aliphatic carbocycles. The number of hydrogen-bond donors (Lipinski definition) is 3. The molecule has 4 rings (SSSR count). The third kappa shape index (κ3) is 6.47. The van der Waals surface area contributed by atoms with Crippen LogP contribution >= 0.6 is 11.6 Å². The van der Waals surface area contributed by atoms with Gasteiger partial charge in [0.25, 0.3) is 0 Å². The zero-order valence-electron chi connectivity index (χ0n) is 18.8. The predicted molar refractivity (Wildman–Crippen MR) is 130 cm³/mol. The van der Waals surface area contributed by atoms with Crippen LogP contribution in [0.15, 0.2) is 65.6 Å². The summed E-state index contributed by atoms with van der Waals surface area (Å²) in [6.45, 7) is 2.35. The van der Waals surface area contributed by atoms with E-state index in [4.69, 9.17) is 26.9 Å². The molecular formula is C24H27ClN2O7S. The highest BCUT2D eigenvalue weighted by molar-refractivity contribution is 7.89. The van der Waals surface area contributed by atoms with Crippen molar-refractivity contribution in [2.24, 2.45) is 0 Å². The number of piperidine rings is 1. The highest BCUT2D eigenvalue weighted by atomic mass is 35.5. The number of aliphatic carboxylic acids is 2. The van der Waals surface area contributed by atoms with Crippen LogP contribution in [-0.2, 0) is 19.6 Å². The molecule has 0 spiro atoms. The number of carbonyl (C=O) groups is 2. The largest absolute Gasteiger partial charge is 0.478 e. The van der Waals surface area contributed by atoms with Gasteiger partial charge < -0.3 is 20.2 Å². The lowest BCUT2D eigenvalue weighted by Crippen LogP contribution is -2.47. The molecule has 2 heterocycles. The fraction of sp³-hybridized carbons (Fsp3) is 0.333. The lowest BCUT2D eigenvalue weighted by molar-refractivity contribution is -0.134. The second kappa shape index (κ2) is 11.8. The van der Waals surface area contributed by atoms with Crippen molar-refractivity contribution in [2.45, 2.75) is 29.8 Å². The number of halogens is 1. The minimum atomic E-state index is -3.55. The van der Waals surface area contributed by atoms with Gasteiger partial charge in [-0.3, -0.25) is 0 Å². The van der Waals surface area contributed by atoms with Gasteiger partial charge in [-0.15, -0.1) is 0 Å². The first kappa shape index (κ1) is 26.8. The second-order valence-corrected chi connectivity index (χ2v) is 10.4. The van der Waals surface area contributed by atoms with Gasteiger partial charge in [-0.2, -0.15) is 4.31 Å². The Kier molecular flexibility index (Phi) is 9.03. The number of carboxylic acid groups (broad SMARTS) is 2. The third-order valence-corrected chi connectivity index (χ3v) is 8.15. The molecule has 2 aliphatic rings. The summed E-state index contributed by atoms with van der Waals surface area (Å²) < 4.78 is 28.5. The van der Waals surface area contributed by atoms with E-state index < -0.39 is 22.0 Å². The summed E-state index contributed by atoms with van der Waals surface area (Å²) in [6, 6.07) is 14.4. The monoisotopic (exact) mass is 522 g/mol. The maximum Gasteiger partial charge on any atom is 0.328 e. The Bertz CT molecular complexity index is 1160. The summed E-state index contributed by atoms with van der Waals surface area (Å²) in [5, 5.41) is 25.4. The second-order valence-electron chi connectivity index (χ2n) is 8.13. The average Bonchev–Trinajstić information content (AvgIpc) is 3.07. The Hall–Kier alpha value is -2.76. The van der Waals surface area contributed by atoms with E-state index in [-0.39, 0.29) is 18.7 Å². The molecule has 35 heavy (non-hydrogen) atoms. The molecule has 1 unspecified atom stereocenters.